The van der Waals surface area contributed by atoms with E-state index in [-0.39, 0.29) is 5.60 Å². The van der Waals surface area contributed by atoms with Gasteiger partial charge in [-0.25, -0.2) is 0 Å². The molecule has 4 rings (SSSR count). The van der Waals surface area contributed by atoms with Crippen LogP contribution in [-0.2, 0) is 4.74 Å². The summed E-state index contributed by atoms with van der Waals surface area (Å²) in [6.45, 7) is 5.61. The Morgan fingerprint density at radius 3 is 2.91 bits per heavy atom. The molecular weight excluding hydrogens is 280 g/mol. The van der Waals surface area contributed by atoms with Crippen LogP contribution in [0.4, 0.5) is 0 Å². The van der Waals surface area contributed by atoms with Crippen LogP contribution in [0.5, 0.6) is 11.5 Å². The minimum absolute atomic E-state index is 0.0510. The highest BCUT2D eigenvalue weighted by Crippen LogP contribution is 2.46. The second-order valence-corrected chi connectivity index (χ2v) is 6.48. The Kier molecular flexibility index (Phi) is 3.72. The van der Waals surface area contributed by atoms with Crippen LogP contribution in [0.15, 0.2) is 18.2 Å². The number of ether oxygens (including phenoxy) is 3. The molecule has 1 aromatic carbocycles. The molecule has 5 nitrogen and oxygen atoms in total. The molecule has 2 atom stereocenters. The standard InChI is InChI=1S/C17H24N2O3/c1-20-13-2-3-16-14(10-13)15(19-6-8-21-9-7-19)11-17(22-16)4-5-18-12-17/h2-3,10,15,18H,4-9,11-12H2,1H3. The first-order chi connectivity index (χ1) is 10.8. The quantitative estimate of drug-likeness (QED) is 0.899. The van der Waals surface area contributed by atoms with Crippen LogP contribution >= 0.6 is 0 Å². The molecule has 1 spiro atoms. The van der Waals surface area contributed by atoms with Crippen molar-refractivity contribution < 1.29 is 14.2 Å². The molecular formula is C17H24N2O3. The lowest BCUT2D eigenvalue weighted by molar-refractivity contribution is -0.0258. The van der Waals surface area contributed by atoms with Gasteiger partial charge in [-0.3, -0.25) is 4.90 Å². The largest absolute Gasteiger partial charge is 0.497 e. The van der Waals surface area contributed by atoms with Gasteiger partial charge in [0.2, 0.25) is 0 Å². The van der Waals surface area contributed by atoms with E-state index in [4.69, 9.17) is 14.2 Å². The fraction of sp³-hybridized carbons (Fsp3) is 0.647. The van der Waals surface area contributed by atoms with E-state index in [1.807, 2.05) is 6.07 Å². The van der Waals surface area contributed by atoms with Crippen LogP contribution in [-0.4, -0.2) is 57.0 Å². The first kappa shape index (κ1) is 14.3. The highest BCUT2D eigenvalue weighted by Gasteiger charge is 2.45. The zero-order valence-corrected chi connectivity index (χ0v) is 13.1. The van der Waals surface area contributed by atoms with Gasteiger partial charge < -0.3 is 19.5 Å². The summed E-state index contributed by atoms with van der Waals surface area (Å²) in [6.07, 6.45) is 2.12. The highest BCUT2D eigenvalue weighted by atomic mass is 16.5. The number of morpholine rings is 1. The van der Waals surface area contributed by atoms with Crippen molar-refractivity contribution in [2.45, 2.75) is 24.5 Å². The zero-order valence-electron chi connectivity index (χ0n) is 13.1. The van der Waals surface area contributed by atoms with Gasteiger partial charge in [-0.05, 0) is 24.7 Å². The van der Waals surface area contributed by atoms with Crippen molar-refractivity contribution in [3.8, 4) is 11.5 Å². The van der Waals surface area contributed by atoms with Crippen LogP contribution in [0.25, 0.3) is 0 Å². The smallest absolute Gasteiger partial charge is 0.125 e. The summed E-state index contributed by atoms with van der Waals surface area (Å²) in [4.78, 5) is 2.55. The predicted octanol–water partition coefficient (Wildman–Crippen LogP) is 1.58. The summed E-state index contributed by atoms with van der Waals surface area (Å²) < 4.78 is 17.4. The Hall–Kier alpha value is -1.30. The number of hydrogen-bond donors (Lipinski definition) is 1. The minimum Gasteiger partial charge on any atom is -0.497 e. The molecule has 3 heterocycles. The molecule has 22 heavy (non-hydrogen) atoms. The molecule has 0 aromatic heterocycles. The lowest BCUT2D eigenvalue weighted by Crippen LogP contribution is -2.49. The van der Waals surface area contributed by atoms with Crippen LogP contribution in [0.3, 0.4) is 0 Å². The normalized spacial score (nSPS) is 31.8. The lowest BCUT2D eigenvalue weighted by Gasteiger charge is -2.44. The minimum atomic E-state index is -0.0510. The van der Waals surface area contributed by atoms with Gasteiger partial charge in [0.05, 0.1) is 20.3 Å². The van der Waals surface area contributed by atoms with Crippen molar-refractivity contribution >= 4 is 0 Å². The van der Waals surface area contributed by atoms with Crippen molar-refractivity contribution in [2.24, 2.45) is 0 Å². The number of benzene rings is 1. The zero-order chi connectivity index (χ0) is 15.0. The molecule has 3 aliphatic rings. The molecule has 2 saturated heterocycles. The van der Waals surface area contributed by atoms with Crippen LogP contribution in [0, 0.1) is 0 Å². The first-order valence-corrected chi connectivity index (χ1v) is 8.19. The van der Waals surface area contributed by atoms with E-state index < -0.39 is 0 Å². The van der Waals surface area contributed by atoms with Crippen molar-refractivity contribution in [1.29, 1.82) is 0 Å². The van der Waals surface area contributed by atoms with Crippen molar-refractivity contribution in [1.82, 2.24) is 10.2 Å². The summed E-state index contributed by atoms with van der Waals surface area (Å²) >= 11 is 0. The fourth-order valence-corrected chi connectivity index (χ4v) is 3.94. The number of methoxy groups -OCH3 is 1. The van der Waals surface area contributed by atoms with Crippen molar-refractivity contribution in [3.63, 3.8) is 0 Å². The number of rotatable bonds is 2. The first-order valence-electron chi connectivity index (χ1n) is 8.19. The summed E-state index contributed by atoms with van der Waals surface area (Å²) in [7, 11) is 1.72. The highest BCUT2D eigenvalue weighted by molar-refractivity contribution is 5.44. The van der Waals surface area contributed by atoms with E-state index in [0.717, 1.165) is 63.7 Å². The van der Waals surface area contributed by atoms with Crippen molar-refractivity contribution in [2.75, 3.05) is 46.5 Å². The van der Waals surface area contributed by atoms with E-state index in [1.165, 1.54) is 5.56 Å². The van der Waals surface area contributed by atoms with Crippen LogP contribution < -0.4 is 14.8 Å². The van der Waals surface area contributed by atoms with Gasteiger partial charge in [-0.2, -0.15) is 0 Å². The summed E-state index contributed by atoms with van der Waals surface area (Å²) in [5, 5.41) is 3.47. The van der Waals surface area contributed by atoms with Gasteiger partial charge in [0.15, 0.2) is 0 Å². The molecule has 2 unspecified atom stereocenters. The van der Waals surface area contributed by atoms with Crippen molar-refractivity contribution in [3.05, 3.63) is 23.8 Å². The van der Waals surface area contributed by atoms with Gasteiger partial charge in [0, 0.05) is 44.1 Å². The number of fused-ring (bicyclic) bond motifs is 1. The molecule has 0 bridgehead atoms. The lowest BCUT2D eigenvalue weighted by atomic mass is 9.85. The Morgan fingerprint density at radius 2 is 2.18 bits per heavy atom. The maximum atomic E-state index is 6.42. The summed E-state index contributed by atoms with van der Waals surface area (Å²) in [5.74, 6) is 1.92. The average molecular weight is 304 g/mol. The SMILES string of the molecule is COc1ccc2c(c1)C(N1CCOCC1)CC1(CCNC1)O2. The number of nitrogens with zero attached hydrogens (tertiary/aromatic N) is 1. The molecule has 1 aromatic rings. The average Bonchev–Trinajstić information content (AvgIpc) is 3.02. The van der Waals surface area contributed by atoms with Gasteiger partial charge in [-0.1, -0.05) is 0 Å². The maximum absolute atomic E-state index is 6.42. The maximum Gasteiger partial charge on any atom is 0.125 e. The van der Waals surface area contributed by atoms with E-state index in [0.29, 0.717) is 6.04 Å². The van der Waals surface area contributed by atoms with E-state index in [2.05, 4.69) is 22.3 Å². The Bertz CT molecular complexity index is 537. The molecule has 0 aliphatic carbocycles. The molecule has 1 N–H and O–H groups in total. The van der Waals surface area contributed by atoms with E-state index in [1.54, 1.807) is 7.11 Å². The molecule has 0 amide bonds. The van der Waals surface area contributed by atoms with Crippen LogP contribution in [0.2, 0.25) is 0 Å². The molecule has 3 aliphatic heterocycles. The summed E-state index contributed by atoms with van der Waals surface area (Å²) in [5.41, 5.74) is 1.21. The molecule has 0 saturated carbocycles. The van der Waals surface area contributed by atoms with Gasteiger partial charge in [-0.15, -0.1) is 0 Å². The monoisotopic (exact) mass is 304 g/mol. The topological polar surface area (TPSA) is 43.0 Å². The second-order valence-electron chi connectivity index (χ2n) is 6.48. The molecule has 5 heteroatoms. The van der Waals surface area contributed by atoms with Gasteiger partial charge in [0.1, 0.15) is 17.1 Å². The van der Waals surface area contributed by atoms with E-state index in [9.17, 15) is 0 Å². The molecule has 120 valence electrons. The number of hydrogen-bond acceptors (Lipinski definition) is 5. The molecule has 0 radical (unpaired) electrons. The Balaban J connectivity index is 1.71. The summed E-state index contributed by atoms with van der Waals surface area (Å²) in [6, 6.07) is 6.60. The predicted molar refractivity (Wildman–Crippen MR) is 83.6 cm³/mol. The Morgan fingerprint density at radius 1 is 1.32 bits per heavy atom. The Labute approximate surface area is 131 Å². The van der Waals surface area contributed by atoms with Crippen LogP contribution in [0.1, 0.15) is 24.4 Å². The number of nitrogens with one attached hydrogen (secondary N) is 1. The molecule has 2 fully saturated rings. The van der Waals surface area contributed by atoms with E-state index >= 15 is 0 Å². The third-order valence-corrected chi connectivity index (χ3v) is 5.16. The van der Waals surface area contributed by atoms with Gasteiger partial charge >= 0.3 is 0 Å². The third kappa shape index (κ3) is 2.47. The fourth-order valence-electron chi connectivity index (χ4n) is 3.94. The second kappa shape index (κ2) is 5.72. The van der Waals surface area contributed by atoms with Gasteiger partial charge in [0.25, 0.3) is 0 Å². The third-order valence-electron chi connectivity index (χ3n) is 5.16.